The van der Waals surface area contributed by atoms with E-state index in [9.17, 15) is 0 Å². The van der Waals surface area contributed by atoms with Gasteiger partial charge in [0.15, 0.2) is 5.65 Å². The van der Waals surface area contributed by atoms with Crippen molar-refractivity contribution in [1.29, 1.82) is 0 Å². The Hall–Kier alpha value is -2.43. The molecule has 0 unspecified atom stereocenters. The standard InChI is InChI=1S/C19H27N5/c1-12(2)8-13(3)9-14(4)10-15-16-17(20)21-11-22-18(16)24(23-15)19(5,6)7/h8-9,11H,1,10H2,2-7H3,(H2,20,21,22)/b13-8-,14-9+. The first kappa shape index (κ1) is 17.9. The second kappa shape index (κ2) is 6.59. The zero-order valence-corrected chi connectivity index (χ0v) is 15.5. The molecule has 0 aliphatic heterocycles. The first-order valence-corrected chi connectivity index (χ1v) is 8.09. The Morgan fingerprint density at radius 2 is 1.88 bits per heavy atom. The molecule has 0 bridgehead atoms. The van der Waals surface area contributed by atoms with E-state index < -0.39 is 0 Å². The predicted molar refractivity (Wildman–Crippen MR) is 101 cm³/mol. The van der Waals surface area contributed by atoms with Gasteiger partial charge < -0.3 is 5.73 Å². The molecular formula is C19H27N5. The van der Waals surface area contributed by atoms with Gasteiger partial charge in [0.05, 0.1) is 16.6 Å². The maximum atomic E-state index is 6.11. The number of anilines is 1. The highest BCUT2D eigenvalue weighted by Gasteiger charge is 2.22. The smallest absolute Gasteiger partial charge is 0.164 e. The van der Waals surface area contributed by atoms with E-state index in [0.29, 0.717) is 12.2 Å². The van der Waals surface area contributed by atoms with Crippen LogP contribution in [0.2, 0.25) is 0 Å². The minimum Gasteiger partial charge on any atom is -0.383 e. The third kappa shape index (κ3) is 3.91. The summed E-state index contributed by atoms with van der Waals surface area (Å²) in [4.78, 5) is 8.55. The van der Waals surface area contributed by atoms with E-state index in [2.05, 4.69) is 63.3 Å². The van der Waals surface area contributed by atoms with E-state index in [1.54, 1.807) is 0 Å². The van der Waals surface area contributed by atoms with Gasteiger partial charge in [0, 0.05) is 6.42 Å². The Labute approximate surface area is 144 Å². The van der Waals surface area contributed by atoms with Crippen molar-refractivity contribution in [3.63, 3.8) is 0 Å². The molecule has 0 spiro atoms. The third-order valence-electron chi connectivity index (χ3n) is 3.60. The van der Waals surface area contributed by atoms with Gasteiger partial charge in [0.25, 0.3) is 0 Å². The molecule has 24 heavy (non-hydrogen) atoms. The zero-order valence-electron chi connectivity index (χ0n) is 15.5. The lowest BCUT2D eigenvalue weighted by molar-refractivity contribution is 0.363. The molecule has 2 N–H and O–H groups in total. The molecule has 0 fully saturated rings. The summed E-state index contributed by atoms with van der Waals surface area (Å²) in [6.45, 7) is 16.4. The molecule has 5 nitrogen and oxygen atoms in total. The highest BCUT2D eigenvalue weighted by molar-refractivity contribution is 5.88. The Balaban J connectivity index is 2.50. The van der Waals surface area contributed by atoms with Crippen LogP contribution in [0.25, 0.3) is 11.0 Å². The van der Waals surface area contributed by atoms with Crippen molar-refractivity contribution >= 4 is 16.9 Å². The summed E-state index contributed by atoms with van der Waals surface area (Å²) in [6, 6.07) is 0. The molecule has 0 aliphatic carbocycles. The van der Waals surface area contributed by atoms with Gasteiger partial charge in [-0.05, 0) is 41.5 Å². The summed E-state index contributed by atoms with van der Waals surface area (Å²) in [7, 11) is 0. The van der Waals surface area contributed by atoms with Gasteiger partial charge >= 0.3 is 0 Å². The van der Waals surface area contributed by atoms with Gasteiger partial charge in [-0.2, -0.15) is 5.10 Å². The molecule has 2 rings (SSSR count). The number of nitrogens with zero attached hydrogens (tertiary/aromatic N) is 4. The highest BCUT2D eigenvalue weighted by atomic mass is 15.3. The van der Waals surface area contributed by atoms with Crippen molar-refractivity contribution < 1.29 is 0 Å². The summed E-state index contributed by atoms with van der Waals surface area (Å²) in [5.74, 6) is 0.479. The number of hydrogen-bond acceptors (Lipinski definition) is 4. The maximum absolute atomic E-state index is 6.11. The molecular weight excluding hydrogens is 298 g/mol. The van der Waals surface area contributed by atoms with Crippen LogP contribution in [0.15, 0.2) is 41.8 Å². The van der Waals surface area contributed by atoms with E-state index in [1.807, 2.05) is 11.6 Å². The number of nitrogen functional groups attached to an aromatic ring is 1. The number of fused-ring (bicyclic) bond motifs is 1. The van der Waals surface area contributed by atoms with E-state index in [1.165, 1.54) is 17.5 Å². The number of nitrogens with two attached hydrogens (primary N) is 1. The van der Waals surface area contributed by atoms with Crippen molar-refractivity contribution in [3.05, 3.63) is 47.5 Å². The van der Waals surface area contributed by atoms with Crippen LogP contribution in [0.3, 0.4) is 0 Å². The fraction of sp³-hybridized carbons (Fsp3) is 0.421. The minimum atomic E-state index is -0.176. The number of hydrogen-bond donors (Lipinski definition) is 1. The second-order valence-electron chi connectivity index (χ2n) is 7.39. The van der Waals surface area contributed by atoms with E-state index in [-0.39, 0.29) is 5.54 Å². The van der Waals surface area contributed by atoms with Gasteiger partial charge in [-0.15, -0.1) is 0 Å². The van der Waals surface area contributed by atoms with Crippen LogP contribution in [0.4, 0.5) is 5.82 Å². The van der Waals surface area contributed by atoms with Crippen LogP contribution in [-0.4, -0.2) is 19.7 Å². The lowest BCUT2D eigenvalue weighted by atomic mass is 10.1. The van der Waals surface area contributed by atoms with Gasteiger partial charge in [-0.1, -0.05) is 35.5 Å². The molecule has 0 aliphatic rings. The van der Waals surface area contributed by atoms with Crippen LogP contribution < -0.4 is 5.73 Å². The Morgan fingerprint density at radius 1 is 1.21 bits per heavy atom. The summed E-state index contributed by atoms with van der Waals surface area (Å²) < 4.78 is 1.93. The topological polar surface area (TPSA) is 69.6 Å². The molecule has 2 aromatic heterocycles. The van der Waals surface area contributed by atoms with Crippen LogP contribution in [0.1, 0.15) is 47.2 Å². The monoisotopic (exact) mass is 325 g/mol. The fourth-order valence-corrected chi connectivity index (χ4v) is 2.77. The van der Waals surface area contributed by atoms with Crippen LogP contribution in [0.5, 0.6) is 0 Å². The summed E-state index contributed by atoms with van der Waals surface area (Å²) in [5, 5.41) is 5.63. The van der Waals surface area contributed by atoms with Crippen LogP contribution in [-0.2, 0) is 12.0 Å². The highest BCUT2D eigenvalue weighted by Crippen LogP contribution is 2.27. The largest absolute Gasteiger partial charge is 0.383 e. The fourth-order valence-electron chi connectivity index (χ4n) is 2.77. The van der Waals surface area contributed by atoms with Gasteiger partial charge in [0.1, 0.15) is 12.1 Å². The Kier molecular flexibility index (Phi) is 4.92. The lowest BCUT2D eigenvalue weighted by Crippen LogP contribution is -2.23. The molecule has 2 heterocycles. The lowest BCUT2D eigenvalue weighted by Gasteiger charge is -2.19. The zero-order chi connectivity index (χ0) is 18.1. The molecule has 0 amide bonds. The van der Waals surface area contributed by atoms with Crippen LogP contribution in [0, 0.1) is 0 Å². The molecule has 0 saturated heterocycles. The van der Waals surface area contributed by atoms with Crippen molar-refractivity contribution in [2.24, 2.45) is 0 Å². The first-order valence-electron chi connectivity index (χ1n) is 8.09. The van der Waals surface area contributed by atoms with Crippen molar-refractivity contribution in [2.75, 3.05) is 5.73 Å². The summed E-state index contributed by atoms with van der Waals surface area (Å²) >= 11 is 0. The molecule has 0 saturated carbocycles. The van der Waals surface area contributed by atoms with E-state index >= 15 is 0 Å². The SMILES string of the molecule is C=C(C)/C=C(C)\C=C(/C)Cc1nn(C(C)(C)C)c2ncnc(N)c12. The maximum Gasteiger partial charge on any atom is 0.164 e. The molecule has 2 aromatic rings. The van der Waals surface area contributed by atoms with Gasteiger partial charge in [-0.25, -0.2) is 14.6 Å². The molecule has 128 valence electrons. The van der Waals surface area contributed by atoms with Crippen LogP contribution >= 0.6 is 0 Å². The second-order valence-corrected chi connectivity index (χ2v) is 7.39. The average molecular weight is 325 g/mol. The summed E-state index contributed by atoms with van der Waals surface area (Å²) in [6.07, 6.45) is 6.41. The van der Waals surface area contributed by atoms with Crippen molar-refractivity contribution in [1.82, 2.24) is 19.7 Å². The predicted octanol–water partition coefficient (Wildman–Crippen LogP) is 4.17. The molecule has 0 aromatic carbocycles. The number of rotatable bonds is 4. The first-order chi connectivity index (χ1) is 11.1. The number of aromatic nitrogens is 4. The number of allylic oxidation sites excluding steroid dienone is 5. The van der Waals surface area contributed by atoms with E-state index in [4.69, 9.17) is 10.8 Å². The molecule has 0 radical (unpaired) electrons. The average Bonchev–Trinajstić information content (AvgIpc) is 2.77. The van der Waals surface area contributed by atoms with Gasteiger partial charge in [0.2, 0.25) is 0 Å². The molecule has 0 atom stereocenters. The summed E-state index contributed by atoms with van der Waals surface area (Å²) in [5.41, 5.74) is 11.0. The van der Waals surface area contributed by atoms with Gasteiger partial charge in [-0.3, -0.25) is 0 Å². The quantitative estimate of drug-likeness (QED) is 0.856. The van der Waals surface area contributed by atoms with E-state index in [0.717, 1.165) is 22.3 Å². The van der Waals surface area contributed by atoms with Crippen molar-refractivity contribution in [3.8, 4) is 0 Å². The Bertz CT molecular complexity index is 831. The third-order valence-corrected chi connectivity index (χ3v) is 3.60. The van der Waals surface area contributed by atoms with Crippen molar-refractivity contribution in [2.45, 2.75) is 53.5 Å². The Morgan fingerprint density at radius 3 is 2.46 bits per heavy atom. The minimum absolute atomic E-state index is 0.176. The normalized spacial score (nSPS) is 13.6. The molecule has 5 heteroatoms.